The summed E-state index contributed by atoms with van der Waals surface area (Å²) in [5.74, 6) is 0.698. The second-order valence-electron chi connectivity index (χ2n) is 4.92. The molecule has 0 saturated carbocycles. The summed E-state index contributed by atoms with van der Waals surface area (Å²) in [6.07, 6.45) is 2.98. The average Bonchev–Trinajstić information content (AvgIpc) is 2.36. The van der Waals surface area contributed by atoms with Gasteiger partial charge in [-0.1, -0.05) is 6.92 Å². The first-order valence-electron chi connectivity index (χ1n) is 6.69. The third kappa shape index (κ3) is 5.04. The SMILES string of the molecule is CCNCC1CCN(C(C)CC(=O)OC)CC1. The minimum atomic E-state index is -0.104. The van der Waals surface area contributed by atoms with Gasteiger partial charge in [-0.2, -0.15) is 0 Å². The summed E-state index contributed by atoms with van der Waals surface area (Å²) >= 11 is 0. The topological polar surface area (TPSA) is 41.6 Å². The molecule has 1 N–H and O–H groups in total. The van der Waals surface area contributed by atoms with E-state index in [0.29, 0.717) is 12.5 Å². The smallest absolute Gasteiger partial charge is 0.307 e. The molecule has 4 nitrogen and oxygen atoms in total. The van der Waals surface area contributed by atoms with Gasteiger partial charge in [0.25, 0.3) is 0 Å². The summed E-state index contributed by atoms with van der Waals surface area (Å²) in [6.45, 7) is 8.66. The van der Waals surface area contributed by atoms with Crippen molar-refractivity contribution < 1.29 is 9.53 Å². The number of nitrogens with one attached hydrogen (secondary N) is 1. The number of likely N-dealkylation sites (tertiary alicyclic amines) is 1. The fourth-order valence-electron chi connectivity index (χ4n) is 2.40. The molecule has 0 spiro atoms. The van der Waals surface area contributed by atoms with Crippen molar-refractivity contribution in [1.29, 1.82) is 0 Å². The maximum absolute atomic E-state index is 11.2. The van der Waals surface area contributed by atoms with E-state index in [1.165, 1.54) is 20.0 Å². The van der Waals surface area contributed by atoms with Crippen molar-refractivity contribution in [2.75, 3.05) is 33.3 Å². The van der Waals surface area contributed by atoms with Gasteiger partial charge >= 0.3 is 5.97 Å². The molecule has 0 aromatic rings. The molecule has 0 aromatic heterocycles. The average molecular weight is 242 g/mol. The van der Waals surface area contributed by atoms with Crippen molar-refractivity contribution in [2.45, 2.75) is 39.2 Å². The van der Waals surface area contributed by atoms with Crippen LogP contribution in [0.2, 0.25) is 0 Å². The molecule has 1 aliphatic heterocycles. The van der Waals surface area contributed by atoms with Gasteiger partial charge in [0.15, 0.2) is 0 Å². The summed E-state index contributed by atoms with van der Waals surface area (Å²) < 4.78 is 4.71. The number of methoxy groups -OCH3 is 1. The maximum atomic E-state index is 11.2. The van der Waals surface area contributed by atoms with Crippen LogP contribution in [0.4, 0.5) is 0 Å². The number of rotatable bonds is 6. The summed E-state index contributed by atoms with van der Waals surface area (Å²) in [4.78, 5) is 13.6. The van der Waals surface area contributed by atoms with E-state index in [2.05, 4.69) is 24.1 Å². The maximum Gasteiger partial charge on any atom is 0.307 e. The first-order chi connectivity index (χ1) is 8.17. The Morgan fingerprint density at radius 2 is 2.12 bits per heavy atom. The molecular formula is C13H26N2O2. The minimum Gasteiger partial charge on any atom is -0.469 e. The van der Waals surface area contributed by atoms with E-state index in [1.54, 1.807) is 0 Å². The van der Waals surface area contributed by atoms with E-state index in [1.807, 2.05) is 0 Å². The van der Waals surface area contributed by atoms with E-state index < -0.39 is 0 Å². The van der Waals surface area contributed by atoms with Gasteiger partial charge in [0.2, 0.25) is 0 Å². The van der Waals surface area contributed by atoms with Crippen LogP contribution in [-0.4, -0.2) is 50.2 Å². The van der Waals surface area contributed by atoms with E-state index in [0.717, 1.165) is 32.1 Å². The van der Waals surface area contributed by atoms with Gasteiger partial charge in [0.05, 0.1) is 13.5 Å². The molecule has 1 unspecified atom stereocenters. The van der Waals surface area contributed by atoms with Crippen LogP contribution >= 0.6 is 0 Å². The third-order valence-corrected chi connectivity index (χ3v) is 3.65. The number of carbonyl (C=O) groups excluding carboxylic acids is 1. The van der Waals surface area contributed by atoms with Crippen molar-refractivity contribution in [2.24, 2.45) is 5.92 Å². The lowest BCUT2D eigenvalue weighted by Crippen LogP contribution is -2.42. The molecule has 4 heteroatoms. The van der Waals surface area contributed by atoms with Gasteiger partial charge in [-0.15, -0.1) is 0 Å². The Morgan fingerprint density at radius 1 is 1.47 bits per heavy atom. The predicted molar refractivity (Wildman–Crippen MR) is 68.9 cm³/mol. The Balaban J connectivity index is 2.23. The first-order valence-corrected chi connectivity index (χ1v) is 6.69. The largest absolute Gasteiger partial charge is 0.469 e. The van der Waals surface area contributed by atoms with Crippen LogP contribution in [0.25, 0.3) is 0 Å². The molecular weight excluding hydrogens is 216 g/mol. The van der Waals surface area contributed by atoms with Crippen molar-refractivity contribution in [3.63, 3.8) is 0 Å². The van der Waals surface area contributed by atoms with Crippen LogP contribution in [0, 0.1) is 5.92 Å². The predicted octanol–water partition coefficient (Wildman–Crippen LogP) is 1.26. The Labute approximate surface area is 105 Å². The second kappa shape index (κ2) is 7.67. The zero-order chi connectivity index (χ0) is 12.7. The van der Waals surface area contributed by atoms with Crippen LogP contribution < -0.4 is 5.32 Å². The van der Waals surface area contributed by atoms with Crippen molar-refractivity contribution >= 4 is 5.97 Å². The van der Waals surface area contributed by atoms with Crippen LogP contribution in [0.3, 0.4) is 0 Å². The number of hydrogen-bond donors (Lipinski definition) is 1. The fraction of sp³-hybridized carbons (Fsp3) is 0.923. The van der Waals surface area contributed by atoms with Gasteiger partial charge in [0, 0.05) is 6.04 Å². The summed E-state index contributed by atoms with van der Waals surface area (Å²) in [5.41, 5.74) is 0. The molecule has 0 amide bonds. The number of nitrogens with zero attached hydrogens (tertiary/aromatic N) is 1. The second-order valence-corrected chi connectivity index (χ2v) is 4.92. The van der Waals surface area contributed by atoms with E-state index >= 15 is 0 Å². The van der Waals surface area contributed by atoms with E-state index in [4.69, 9.17) is 4.74 Å². The molecule has 1 aliphatic rings. The van der Waals surface area contributed by atoms with E-state index in [9.17, 15) is 4.79 Å². The molecule has 100 valence electrons. The molecule has 17 heavy (non-hydrogen) atoms. The number of piperidine rings is 1. The van der Waals surface area contributed by atoms with Crippen LogP contribution in [-0.2, 0) is 9.53 Å². The van der Waals surface area contributed by atoms with Gasteiger partial charge in [-0.25, -0.2) is 0 Å². The molecule has 1 rings (SSSR count). The summed E-state index contributed by atoms with van der Waals surface area (Å²) in [7, 11) is 1.46. The summed E-state index contributed by atoms with van der Waals surface area (Å²) in [6, 6.07) is 0.308. The van der Waals surface area contributed by atoms with Crippen molar-refractivity contribution in [1.82, 2.24) is 10.2 Å². The summed E-state index contributed by atoms with van der Waals surface area (Å²) in [5, 5.41) is 3.41. The Morgan fingerprint density at radius 3 is 2.65 bits per heavy atom. The fourth-order valence-corrected chi connectivity index (χ4v) is 2.40. The Hall–Kier alpha value is -0.610. The number of ether oxygens (including phenoxy) is 1. The molecule has 0 aromatic carbocycles. The van der Waals surface area contributed by atoms with Gasteiger partial charge < -0.3 is 15.0 Å². The molecule has 1 heterocycles. The Kier molecular flexibility index (Phi) is 6.52. The highest BCUT2D eigenvalue weighted by Crippen LogP contribution is 2.19. The highest BCUT2D eigenvalue weighted by molar-refractivity contribution is 5.69. The molecule has 1 saturated heterocycles. The molecule has 1 atom stereocenters. The zero-order valence-corrected chi connectivity index (χ0v) is 11.4. The molecule has 1 fully saturated rings. The van der Waals surface area contributed by atoms with E-state index in [-0.39, 0.29) is 5.97 Å². The lowest BCUT2D eigenvalue weighted by atomic mass is 9.95. The number of hydrogen-bond acceptors (Lipinski definition) is 4. The molecule has 0 bridgehead atoms. The highest BCUT2D eigenvalue weighted by atomic mass is 16.5. The lowest BCUT2D eigenvalue weighted by molar-refractivity contribution is -0.142. The normalized spacial score (nSPS) is 20.2. The lowest BCUT2D eigenvalue weighted by Gasteiger charge is -2.35. The first kappa shape index (κ1) is 14.5. The van der Waals surface area contributed by atoms with Gasteiger partial charge in [-0.3, -0.25) is 4.79 Å². The van der Waals surface area contributed by atoms with Crippen molar-refractivity contribution in [3.05, 3.63) is 0 Å². The van der Waals surface area contributed by atoms with Crippen LogP contribution in [0.15, 0.2) is 0 Å². The number of carbonyl (C=O) groups is 1. The van der Waals surface area contributed by atoms with Crippen LogP contribution in [0.1, 0.15) is 33.1 Å². The van der Waals surface area contributed by atoms with Gasteiger partial charge in [0.1, 0.15) is 0 Å². The third-order valence-electron chi connectivity index (χ3n) is 3.65. The van der Waals surface area contributed by atoms with Gasteiger partial charge in [-0.05, 0) is 51.9 Å². The molecule has 0 radical (unpaired) electrons. The Bertz CT molecular complexity index is 225. The quantitative estimate of drug-likeness (QED) is 0.712. The minimum absolute atomic E-state index is 0.104. The highest BCUT2D eigenvalue weighted by Gasteiger charge is 2.23. The zero-order valence-electron chi connectivity index (χ0n) is 11.4. The van der Waals surface area contributed by atoms with Crippen LogP contribution in [0.5, 0.6) is 0 Å². The standard InChI is InChI=1S/C13H26N2O2/c1-4-14-10-12-5-7-15(8-6-12)11(2)9-13(16)17-3/h11-12,14H,4-10H2,1-3H3. The number of esters is 1. The van der Waals surface area contributed by atoms with Crippen molar-refractivity contribution in [3.8, 4) is 0 Å². The molecule has 0 aliphatic carbocycles. The monoisotopic (exact) mass is 242 g/mol.